The monoisotopic (exact) mass is 421 g/mol. The summed E-state index contributed by atoms with van der Waals surface area (Å²) in [7, 11) is 1.51. The average molecular weight is 421 g/mol. The maximum Gasteiger partial charge on any atom is 0.344 e. The van der Waals surface area contributed by atoms with Gasteiger partial charge in [0.25, 0.3) is 0 Å². The van der Waals surface area contributed by atoms with E-state index in [0.717, 1.165) is 5.56 Å². The van der Waals surface area contributed by atoms with E-state index in [1.165, 1.54) is 18.4 Å². The van der Waals surface area contributed by atoms with Crippen LogP contribution in [0.15, 0.2) is 28.7 Å². The van der Waals surface area contributed by atoms with Gasteiger partial charge in [-0.2, -0.15) is 5.10 Å². The largest absolute Gasteiger partial charge is 0.493 e. The standard InChI is InChI=1S/C19H23N3O6S/c1-4-26-17(23)9-14-12-29-19(21-14)22-20-10-13-6-7-15(25-3)16(8-13)28-11-18(24)27-5-2/h6-8,10,12H,4-5,9,11H2,1-3H3,(H,21,22). The molecule has 0 bridgehead atoms. The maximum absolute atomic E-state index is 11.5. The van der Waals surface area contributed by atoms with E-state index >= 15 is 0 Å². The third-order valence-electron chi connectivity index (χ3n) is 3.39. The van der Waals surface area contributed by atoms with Crippen molar-refractivity contribution in [3.63, 3.8) is 0 Å². The molecule has 9 nitrogen and oxygen atoms in total. The molecule has 156 valence electrons. The summed E-state index contributed by atoms with van der Waals surface area (Å²) in [6, 6.07) is 5.19. The number of hydrogen-bond donors (Lipinski definition) is 1. The van der Waals surface area contributed by atoms with Crippen LogP contribution in [-0.2, 0) is 25.5 Å². The zero-order valence-electron chi connectivity index (χ0n) is 16.5. The molecule has 0 aliphatic rings. The Morgan fingerprint density at radius 2 is 1.93 bits per heavy atom. The smallest absolute Gasteiger partial charge is 0.344 e. The van der Waals surface area contributed by atoms with Crippen molar-refractivity contribution >= 4 is 34.6 Å². The maximum atomic E-state index is 11.5. The number of hydrogen-bond acceptors (Lipinski definition) is 10. The number of anilines is 1. The first-order chi connectivity index (χ1) is 14.0. The fraction of sp³-hybridized carbons (Fsp3) is 0.368. The number of hydrazone groups is 1. The van der Waals surface area contributed by atoms with Gasteiger partial charge in [-0.25, -0.2) is 9.78 Å². The van der Waals surface area contributed by atoms with Crippen molar-refractivity contribution in [2.45, 2.75) is 20.3 Å². The Hall–Kier alpha value is -3.14. The number of carbonyl (C=O) groups is 2. The Kier molecular flexibility index (Phi) is 8.90. The lowest BCUT2D eigenvalue weighted by atomic mass is 10.2. The van der Waals surface area contributed by atoms with Crippen LogP contribution in [0, 0.1) is 0 Å². The topological polar surface area (TPSA) is 108 Å². The fourth-order valence-corrected chi connectivity index (χ4v) is 2.85. The van der Waals surface area contributed by atoms with E-state index in [4.69, 9.17) is 18.9 Å². The SMILES string of the molecule is CCOC(=O)COc1cc(C=NNc2nc(CC(=O)OCC)cs2)ccc1OC. The minimum absolute atomic E-state index is 0.120. The van der Waals surface area contributed by atoms with Gasteiger partial charge in [0.2, 0.25) is 5.13 Å². The second-order valence-corrected chi connectivity index (χ2v) is 6.36. The molecular weight excluding hydrogens is 398 g/mol. The number of thiazole rings is 1. The number of nitrogens with one attached hydrogen (secondary N) is 1. The van der Waals surface area contributed by atoms with Crippen LogP contribution in [-0.4, -0.2) is 50.1 Å². The Labute approximate surface area is 172 Å². The number of esters is 2. The van der Waals surface area contributed by atoms with E-state index in [1.807, 2.05) is 0 Å². The molecule has 1 aromatic heterocycles. The second kappa shape index (κ2) is 11.6. The summed E-state index contributed by atoms with van der Waals surface area (Å²) in [4.78, 5) is 27.2. The van der Waals surface area contributed by atoms with Gasteiger partial charge in [0, 0.05) is 5.38 Å². The highest BCUT2D eigenvalue weighted by molar-refractivity contribution is 7.13. The normalized spacial score (nSPS) is 10.6. The molecule has 0 spiro atoms. The predicted molar refractivity (Wildman–Crippen MR) is 109 cm³/mol. The van der Waals surface area contributed by atoms with Gasteiger partial charge in [0.05, 0.1) is 38.7 Å². The third-order valence-corrected chi connectivity index (χ3v) is 4.19. The van der Waals surface area contributed by atoms with Crippen LogP contribution >= 0.6 is 11.3 Å². The second-order valence-electron chi connectivity index (χ2n) is 5.50. The van der Waals surface area contributed by atoms with E-state index < -0.39 is 5.97 Å². The lowest BCUT2D eigenvalue weighted by Gasteiger charge is -2.10. The Morgan fingerprint density at radius 1 is 1.17 bits per heavy atom. The molecule has 0 amide bonds. The molecule has 0 radical (unpaired) electrons. The van der Waals surface area contributed by atoms with Crippen molar-refractivity contribution in [1.82, 2.24) is 4.98 Å². The molecule has 2 rings (SSSR count). The van der Waals surface area contributed by atoms with Crippen molar-refractivity contribution < 1.29 is 28.5 Å². The first kappa shape index (κ1) is 22.2. The molecule has 0 saturated carbocycles. The summed E-state index contributed by atoms with van der Waals surface area (Å²) in [5.41, 5.74) is 4.15. The minimum atomic E-state index is -0.460. The fourth-order valence-electron chi connectivity index (χ4n) is 2.19. The molecule has 10 heteroatoms. The molecular formula is C19H23N3O6S. The van der Waals surface area contributed by atoms with Crippen molar-refractivity contribution in [3.05, 3.63) is 34.8 Å². The highest BCUT2D eigenvalue weighted by Gasteiger charge is 2.10. The number of nitrogens with zero attached hydrogens (tertiary/aromatic N) is 2. The van der Waals surface area contributed by atoms with Crippen molar-refractivity contribution in [1.29, 1.82) is 0 Å². The van der Waals surface area contributed by atoms with Gasteiger partial charge >= 0.3 is 11.9 Å². The number of aromatic nitrogens is 1. The van der Waals surface area contributed by atoms with E-state index in [2.05, 4.69) is 15.5 Å². The van der Waals surface area contributed by atoms with E-state index in [-0.39, 0.29) is 25.6 Å². The first-order valence-corrected chi connectivity index (χ1v) is 9.79. The lowest BCUT2D eigenvalue weighted by Crippen LogP contribution is -2.15. The van der Waals surface area contributed by atoms with Crippen molar-refractivity contribution in [3.8, 4) is 11.5 Å². The number of carbonyl (C=O) groups excluding carboxylic acids is 2. The number of rotatable bonds is 11. The van der Waals surface area contributed by atoms with Crippen LogP contribution in [0.1, 0.15) is 25.1 Å². The van der Waals surface area contributed by atoms with Crippen molar-refractivity contribution in [2.24, 2.45) is 5.10 Å². The van der Waals surface area contributed by atoms with E-state index in [0.29, 0.717) is 28.9 Å². The molecule has 0 atom stereocenters. The molecule has 0 aliphatic heterocycles. The zero-order chi connectivity index (χ0) is 21.1. The Bertz CT molecular complexity index is 852. The van der Waals surface area contributed by atoms with E-state index in [1.54, 1.807) is 43.6 Å². The summed E-state index contributed by atoms with van der Waals surface area (Å²) in [5.74, 6) is 0.109. The summed E-state index contributed by atoms with van der Waals surface area (Å²) >= 11 is 1.33. The molecule has 0 unspecified atom stereocenters. The molecule has 2 aromatic rings. The average Bonchev–Trinajstić information content (AvgIpc) is 3.14. The van der Waals surface area contributed by atoms with Crippen LogP contribution < -0.4 is 14.9 Å². The lowest BCUT2D eigenvalue weighted by molar-refractivity contribution is -0.145. The van der Waals surface area contributed by atoms with Gasteiger partial charge in [0.15, 0.2) is 18.1 Å². The summed E-state index contributed by atoms with van der Waals surface area (Å²) in [5, 5.41) is 6.45. The molecule has 1 heterocycles. The molecule has 1 N–H and O–H groups in total. The third kappa shape index (κ3) is 7.41. The Morgan fingerprint density at radius 3 is 2.66 bits per heavy atom. The van der Waals surface area contributed by atoms with Crippen LogP contribution in [0.5, 0.6) is 11.5 Å². The molecule has 29 heavy (non-hydrogen) atoms. The number of methoxy groups -OCH3 is 1. The zero-order valence-corrected chi connectivity index (χ0v) is 17.3. The highest BCUT2D eigenvalue weighted by Crippen LogP contribution is 2.27. The Balaban J connectivity index is 1.96. The molecule has 1 aromatic carbocycles. The van der Waals surface area contributed by atoms with Crippen molar-refractivity contribution in [2.75, 3.05) is 32.4 Å². The van der Waals surface area contributed by atoms with Crippen LogP contribution in [0.2, 0.25) is 0 Å². The number of benzene rings is 1. The minimum Gasteiger partial charge on any atom is -0.493 e. The molecule has 0 fully saturated rings. The summed E-state index contributed by atoms with van der Waals surface area (Å²) < 4.78 is 20.4. The summed E-state index contributed by atoms with van der Waals surface area (Å²) in [6.45, 7) is 3.89. The van der Waals surface area contributed by atoms with Gasteiger partial charge < -0.3 is 18.9 Å². The first-order valence-electron chi connectivity index (χ1n) is 8.91. The van der Waals surface area contributed by atoms with Crippen LogP contribution in [0.4, 0.5) is 5.13 Å². The van der Waals surface area contributed by atoms with Gasteiger partial charge in [-0.1, -0.05) is 0 Å². The van der Waals surface area contributed by atoms with Gasteiger partial charge in [-0.3, -0.25) is 10.2 Å². The van der Waals surface area contributed by atoms with Crippen LogP contribution in [0.3, 0.4) is 0 Å². The van der Waals surface area contributed by atoms with Gasteiger partial charge in [0.1, 0.15) is 0 Å². The predicted octanol–water partition coefficient (Wildman–Crippen LogP) is 2.65. The van der Waals surface area contributed by atoms with E-state index in [9.17, 15) is 9.59 Å². The molecule has 0 saturated heterocycles. The summed E-state index contributed by atoms with van der Waals surface area (Å²) in [6.07, 6.45) is 1.69. The quantitative estimate of drug-likeness (QED) is 0.335. The number of ether oxygens (including phenoxy) is 4. The van der Waals surface area contributed by atoms with Gasteiger partial charge in [-0.05, 0) is 37.6 Å². The molecule has 0 aliphatic carbocycles. The van der Waals surface area contributed by atoms with Gasteiger partial charge in [-0.15, -0.1) is 11.3 Å². The van der Waals surface area contributed by atoms with Crippen LogP contribution in [0.25, 0.3) is 0 Å². The highest BCUT2D eigenvalue weighted by atomic mass is 32.1.